The minimum Gasteiger partial charge on any atom is -0.455 e. The lowest BCUT2D eigenvalue weighted by molar-refractivity contribution is -0.164. The Morgan fingerprint density at radius 3 is 2.44 bits per heavy atom. The molecule has 1 spiro atoms. The van der Waals surface area contributed by atoms with E-state index in [0.717, 1.165) is 5.56 Å². The number of carbonyl (C=O) groups excluding carboxylic acids is 4. The molecule has 0 bridgehead atoms. The lowest BCUT2D eigenvalue weighted by atomic mass is 9.77. The lowest BCUT2D eigenvalue weighted by Gasteiger charge is -2.35. The SMILES string of the molecule is C[C@H]1[C@H](c2ccccc2)OC(=O)[C@@H]2[C@H](/C=C\CCC(=O)N1C)O[C@@]13C=CCN(c4ccc(Cl)cc4)C(=O)[C@@H]1N(CCCCCO)C(=O)[C@@H]23. The molecular formula is C37H42ClN3O7. The van der Waals surface area contributed by atoms with Crippen molar-refractivity contribution in [3.63, 3.8) is 0 Å². The van der Waals surface area contributed by atoms with Crippen molar-refractivity contribution in [3.8, 4) is 0 Å². The third-order valence-corrected chi connectivity index (χ3v) is 10.4. The Balaban J connectivity index is 1.43. The molecule has 4 aliphatic heterocycles. The minimum absolute atomic E-state index is 0.0305. The van der Waals surface area contributed by atoms with Crippen LogP contribution in [0.2, 0.25) is 5.02 Å². The van der Waals surface area contributed by atoms with Crippen LogP contribution in [0.1, 0.15) is 50.7 Å². The molecule has 6 rings (SSSR count). The second-order valence-electron chi connectivity index (χ2n) is 13.0. The summed E-state index contributed by atoms with van der Waals surface area (Å²) in [7, 11) is 1.71. The van der Waals surface area contributed by atoms with E-state index in [1.807, 2.05) is 49.4 Å². The molecule has 2 saturated heterocycles. The molecule has 0 unspecified atom stereocenters. The summed E-state index contributed by atoms with van der Waals surface area (Å²) in [6, 6.07) is 14.7. The van der Waals surface area contributed by atoms with Crippen molar-refractivity contribution in [1.29, 1.82) is 0 Å². The Hall–Kier alpha value is -3.99. The van der Waals surface area contributed by atoms with Crippen molar-refractivity contribution in [2.24, 2.45) is 11.8 Å². The first-order valence-corrected chi connectivity index (χ1v) is 17.1. The van der Waals surface area contributed by atoms with Crippen molar-refractivity contribution in [3.05, 3.63) is 89.5 Å². The van der Waals surface area contributed by atoms with Crippen molar-refractivity contribution in [2.75, 3.05) is 31.6 Å². The molecule has 3 amide bonds. The number of unbranched alkanes of at least 4 members (excludes halogenated alkanes) is 2. The second kappa shape index (κ2) is 14.2. The number of likely N-dealkylation sites (N-methyl/N-ethyl adjacent to an activating group) is 1. The van der Waals surface area contributed by atoms with E-state index in [2.05, 4.69) is 0 Å². The Kier molecular flexibility index (Phi) is 10.1. The first-order valence-electron chi connectivity index (χ1n) is 16.7. The predicted molar refractivity (Wildman–Crippen MR) is 180 cm³/mol. The number of carbonyl (C=O) groups is 4. The number of amides is 3. The number of ether oxygens (including phenoxy) is 2. The lowest BCUT2D eigenvalue weighted by Crippen LogP contribution is -2.55. The summed E-state index contributed by atoms with van der Waals surface area (Å²) in [4.78, 5) is 61.7. The van der Waals surface area contributed by atoms with Crippen LogP contribution in [-0.2, 0) is 28.7 Å². The van der Waals surface area contributed by atoms with E-state index in [1.165, 1.54) is 0 Å². The summed E-state index contributed by atoms with van der Waals surface area (Å²) in [5.41, 5.74) is -0.0920. The van der Waals surface area contributed by atoms with Gasteiger partial charge in [0, 0.05) is 43.9 Å². The van der Waals surface area contributed by atoms with E-state index in [0.29, 0.717) is 36.4 Å². The molecule has 2 aromatic rings. The molecule has 4 heterocycles. The van der Waals surface area contributed by atoms with E-state index in [9.17, 15) is 24.3 Å². The Labute approximate surface area is 285 Å². The van der Waals surface area contributed by atoms with Gasteiger partial charge in [0.15, 0.2) is 0 Å². The number of benzene rings is 2. The fourth-order valence-electron chi connectivity index (χ4n) is 7.55. The van der Waals surface area contributed by atoms with Gasteiger partial charge in [0.2, 0.25) is 11.8 Å². The van der Waals surface area contributed by atoms with Gasteiger partial charge in [0.25, 0.3) is 5.91 Å². The summed E-state index contributed by atoms with van der Waals surface area (Å²) in [6.45, 7) is 2.37. The maximum Gasteiger partial charge on any atom is 0.313 e. The number of cyclic esters (lactones) is 1. The third kappa shape index (κ3) is 6.17. The molecule has 0 saturated carbocycles. The highest BCUT2D eigenvalue weighted by Crippen LogP contribution is 2.53. The van der Waals surface area contributed by atoms with Gasteiger partial charge in [-0.15, -0.1) is 0 Å². The monoisotopic (exact) mass is 675 g/mol. The molecule has 254 valence electrons. The molecule has 4 aliphatic rings. The van der Waals surface area contributed by atoms with Crippen LogP contribution in [0.4, 0.5) is 5.69 Å². The molecule has 48 heavy (non-hydrogen) atoms. The van der Waals surface area contributed by atoms with Gasteiger partial charge in [-0.25, -0.2) is 0 Å². The standard InChI is InChI=1S/C37H42ClN3O7/c1-24-32(25-12-5-3-6-13-25)47-36(46)30-28(14-7-8-15-29(43)39(24)2)48-37-20-11-22-40(27-18-16-26(38)17-19-27)35(45)33(37)41(34(44)31(30)37)21-9-4-10-23-42/h3,5-7,11-14,16-20,24,28,30-33,42H,4,8-10,15,21-23H2,1-2H3/b14-7-/t24-,28-,30+,31+,32+,33-,37+/m0/s1. The largest absolute Gasteiger partial charge is 0.455 e. The van der Waals surface area contributed by atoms with E-state index in [-0.39, 0.29) is 43.8 Å². The second-order valence-corrected chi connectivity index (χ2v) is 13.4. The molecule has 7 atom stereocenters. The smallest absolute Gasteiger partial charge is 0.313 e. The zero-order valence-corrected chi connectivity index (χ0v) is 28.0. The number of aliphatic hydroxyl groups excluding tert-OH is 1. The zero-order valence-electron chi connectivity index (χ0n) is 27.2. The number of anilines is 1. The predicted octanol–water partition coefficient (Wildman–Crippen LogP) is 4.47. The maximum atomic E-state index is 14.6. The number of hydrogen-bond donors (Lipinski definition) is 1. The minimum atomic E-state index is -1.44. The summed E-state index contributed by atoms with van der Waals surface area (Å²) in [5, 5.41) is 9.90. The van der Waals surface area contributed by atoms with Gasteiger partial charge in [0.1, 0.15) is 23.7 Å². The maximum absolute atomic E-state index is 14.6. The number of fused-ring (bicyclic) bond motifs is 2. The molecule has 11 heteroatoms. The van der Waals surface area contributed by atoms with Crippen LogP contribution in [-0.4, -0.2) is 89.1 Å². The van der Waals surface area contributed by atoms with Crippen molar-refractivity contribution >= 4 is 41.0 Å². The van der Waals surface area contributed by atoms with Crippen molar-refractivity contribution in [1.82, 2.24) is 9.80 Å². The Bertz CT molecular complexity index is 1580. The van der Waals surface area contributed by atoms with Crippen LogP contribution in [0.5, 0.6) is 0 Å². The summed E-state index contributed by atoms with van der Waals surface area (Å²) < 4.78 is 13.1. The Morgan fingerprint density at radius 1 is 0.958 bits per heavy atom. The van der Waals surface area contributed by atoms with Gasteiger partial charge in [-0.05, 0) is 62.4 Å². The average Bonchev–Trinajstić information content (AvgIpc) is 3.47. The van der Waals surface area contributed by atoms with E-state index >= 15 is 0 Å². The molecule has 10 nitrogen and oxygen atoms in total. The van der Waals surface area contributed by atoms with E-state index in [4.69, 9.17) is 21.1 Å². The van der Waals surface area contributed by atoms with Crippen molar-refractivity contribution in [2.45, 2.75) is 68.9 Å². The molecule has 0 aromatic heterocycles. The average molecular weight is 676 g/mol. The van der Waals surface area contributed by atoms with Crippen LogP contribution in [0.3, 0.4) is 0 Å². The fourth-order valence-corrected chi connectivity index (χ4v) is 7.68. The number of allylic oxidation sites excluding steroid dienone is 1. The normalized spacial score (nSPS) is 31.4. The highest BCUT2D eigenvalue weighted by atomic mass is 35.5. The zero-order chi connectivity index (χ0) is 34.0. The first kappa shape index (κ1) is 33.9. The van der Waals surface area contributed by atoms with Crippen LogP contribution < -0.4 is 4.90 Å². The molecule has 0 radical (unpaired) electrons. The topological polar surface area (TPSA) is 117 Å². The number of aliphatic hydroxyl groups is 1. The van der Waals surface area contributed by atoms with Gasteiger partial charge in [-0.3, -0.25) is 19.2 Å². The summed E-state index contributed by atoms with van der Waals surface area (Å²) >= 11 is 6.15. The highest BCUT2D eigenvalue weighted by Gasteiger charge is 2.71. The van der Waals surface area contributed by atoms with Gasteiger partial charge in [-0.2, -0.15) is 0 Å². The first-order chi connectivity index (χ1) is 23.2. The molecule has 2 fully saturated rings. The number of nitrogens with zero attached hydrogens (tertiary/aromatic N) is 3. The van der Waals surface area contributed by atoms with Crippen LogP contribution in [0.25, 0.3) is 0 Å². The van der Waals surface area contributed by atoms with Crippen LogP contribution in [0.15, 0.2) is 78.9 Å². The molecular weight excluding hydrogens is 634 g/mol. The number of likely N-dealkylation sites (tertiary alicyclic amines) is 1. The van der Waals surface area contributed by atoms with Gasteiger partial charge in [0.05, 0.1) is 18.1 Å². The Morgan fingerprint density at radius 2 is 1.71 bits per heavy atom. The summed E-state index contributed by atoms with van der Waals surface area (Å²) in [6.07, 6.45) is 7.96. The van der Waals surface area contributed by atoms with Gasteiger partial charge >= 0.3 is 5.97 Å². The third-order valence-electron chi connectivity index (χ3n) is 10.1. The molecule has 1 N–H and O–H groups in total. The van der Waals surface area contributed by atoms with Crippen LogP contribution >= 0.6 is 11.6 Å². The fraction of sp³-hybridized carbons (Fsp3) is 0.459. The summed E-state index contributed by atoms with van der Waals surface area (Å²) in [5.74, 6) is -3.45. The quantitative estimate of drug-likeness (QED) is 0.262. The molecule has 0 aliphatic carbocycles. The van der Waals surface area contributed by atoms with E-state index in [1.54, 1.807) is 58.2 Å². The number of halogens is 1. The van der Waals surface area contributed by atoms with Crippen molar-refractivity contribution < 1.29 is 33.8 Å². The van der Waals surface area contributed by atoms with Crippen LogP contribution in [0, 0.1) is 11.8 Å². The number of hydrogen-bond acceptors (Lipinski definition) is 7. The number of esters is 1. The van der Waals surface area contributed by atoms with E-state index < -0.39 is 47.7 Å². The number of rotatable bonds is 7. The van der Waals surface area contributed by atoms with Gasteiger partial charge in [-0.1, -0.05) is 66.2 Å². The highest BCUT2D eigenvalue weighted by molar-refractivity contribution is 6.30. The van der Waals surface area contributed by atoms with Gasteiger partial charge < -0.3 is 29.3 Å². The molecule has 2 aromatic carbocycles.